The van der Waals surface area contributed by atoms with Crippen LogP contribution in [0.25, 0.3) is 0 Å². The van der Waals surface area contributed by atoms with E-state index in [9.17, 15) is 0 Å². The van der Waals surface area contributed by atoms with E-state index >= 15 is 0 Å². The summed E-state index contributed by atoms with van der Waals surface area (Å²) in [5.74, 6) is 4.68. The summed E-state index contributed by atoms with van der Waals surface area (Å²) in [5, 5.41) is 3.36. The van der Waals surface area contributed by atoms with Crippen LogP contribution in [-0.2, 0) is 0 Å². The molecule has 2 aliphatic rings. The summed E-state index contributed by atoms with van der Waals surface area (Å²) in [6.45, 7) is 7.54. The minimum Gasteiger partial charge on any atom is -0.370 e. The number of hydrogen-bond acceptors (Lipinski definition) is 4. The highest BCUT2D eigenvalue weighted by atomic mass is 15.2. The number of hydrogen-bond donors (Lipinski definition) is 1. The normalized spacial score (nSPS) is 18.1. The number of nitrogens with one attached hydrogen (secondary N) is 1. The molecule has 4 nitrogen and oxygen atoms in total. The predicted molar refractivity (Wildman–Crippen MR) is 83.4 cm³/mol. The average Bonchev–Trinajstić information content (AvgIpc) is 3.31. The molecule has 2 aliphatic carbocycles. The first kappa shape index (κ1) is 13.7. The number of rotatable bonds is 8. The van der Waals surface area contributed by atoms with E-state index in [-0.39, 0.29) is 0 Å². The number of nitrogens with zero attached hydrogens (tertiary/aromatic N) is 3. The van der Waals surface area contributed by atoms with Gasteiger partial charge in [0.2, 0.25) is 0 Å². The summed E-state index contributed by atoms with van der Waals surface area (Å²) < 4.78 is 0. The van der Waals surface area contributed by atoms with E-state index in [4.69, 9.17) is 4.98 Å². The topological polar surface area (TPSA) is 41.0 Å². The third-order valence-electron chi connectivity index (χ3n) is 4.02. The summed E-state index contributed by atoms with van der Waals surface area (Å²) >= 11 is 0. The maximum absolute atomic E-state index is 4.85. The van der Waals surface area contributed by atoms with Crippen LogP contribution in [0.4, 0.5) is 11.6 Å². The molecular weight excluding hydrogens is 248 g/mol. The van der Waals surface area contributed by atoms with Crippen molar-refractivity contribution in [1.82, 2.24) is 9.97 Å². The third kappa shape index (κ3) is 3.41. The Morgan fingerprint density at radius 3 is 2.60 bits per heavy atom. The van der Waals surface area contributed by atoms with Crippen LogP contribution in [0.5, 0.6) is 0 Å². The van der Waals surface area contributed by atoms with Gasteiger partial charge >= 0.3 is 0 Å². The van der Waals surface area contributed by atoms with Gasteiger partial charge in [-0.25, -0.2) is 9.97 Å². The SMILES string of the molecule is CCCN(CC1CC1)c1cc(NCC)nc(C2CC2)n1. The first-order valence-electron chi connectivity index (χ1n) is 8.18. The Bertz CT molecular complexity index is 452. The van der Waals surface area contributed by atoms with Gasteiger partial charge < -0.3 is 10.2 Å². The zero-order valence-corrected chi connectivity index (χ0v) is 12.7. The molecule has 0 bridgehead atoms. The molecule has 1 aromatic heterocycles. The van der Waals surface area contributed by atoms with Crippen LogP contribution < -0.4 is 10.2 Å². The van der Waals surface area contributed by atoms with Crippen LogP contribution in [0.15, 0.2) is 6.07 Å². The van der Waals surface area contributed by atoms with E-state index < -0.39 is 0 Å². The Balaban J connectivity index is 1.83. The Kier molecular flexibility index (Phi) is 4.08. The summed E-state index contributed by atoms with van der Waals surface area (Å²) in [6, 6.07) is 2.13. The van der Waals surface area contributed by atoms with Crippen LogP contribution in [0.1, 0.15) is 57.7 Å². The second-order valence-corrected chi connectivity index (χ2v) is 6.16. The molecule has 4 heteroatoms. The summed E-state index contributed by atoms with van der Waals surface area (Å²) in [7, 11) is 0. The van der Waals surface area contributed by atoms with Crippen molar-refractivity contribution >= 4 is 11.6 Å². The van der Waals surface area contributed by atoms with Gasteiger partial charge in [0.1, 0.15) is 17.5 Å². The Morgan fingerprint density at radius 2 is 2.00 bits per heavy atom. The first-order valence-corrected chi connectivity index (χ1v) is 8.18. The van der Waals surface area contributed by atoms with Crippen molar-refractivity contribution in [2.75, 3.05) is 29.9 Å². The highest BCUT2D eigenvalue weighted by Crippen LogP contribution is 2.39. The standard InChI is InChI=1S/C16H26N4/c1-3-9-20(11-12-5-6-12)15-10-14(17-4-2)18-16(19-15)13-7-8-13/h10,12-13H,3-9,11H2,1-2H3,(H,17,18,19). The van der Waals surface area contributed by atoms with Gasteiger partial charge in [0.05, 0.1) is 0 Å². The highest BCUT2D eigenvalue weighted by Gasteiger charge is 2.29. The van der Waals surface area contributed by atoms with Crippen LogP contribution in [0.3, 0.4) is 0 Å². The first-order chi connectivity index (χ1) is 9.80. The lowest BCUT2D eigenvalue weighted by Crippen LogP contribution is -2.28. The zero-order valence-electron chi connectivity index (χ0n) is 12.7. The van der Waals surface area contributed by atoms with Gasteiger partial charge in [-0.3, -0.25) is 0 Å². The van der Waals surface area contributed by atoms with Gasteiger partial charge in [-0.05, 0) is 44.9 Å². The van der Waals surface area contributed by atoms with E-state index in [1.807, 2.05) is 0 Å². The molecule has 110 valence electrons. The maximum atomic E-state index is 4.85. The summed E-state index contributed by atoms with van der Waals surface area (Å²) in [6.07, 6.45) is 6.46. The molecule has 1 aromatic rings. The molecule has 0 aromatic carbocycles. The quantitative estimate of drug-likeness (QED) is 0.788. The fourth-order valence-electron chi connectivity index (χ4n) is 2.59. The van der Waals surface area contributed by atoms with Crippen molar-refractivity contribution in [2.24, 2.45) is 5.92 Å². The van der Waals surface area contributed by atoms with E-state index in [0.29, 0.717) is 5.92 Å². The van der Waals surface area contributed by atoms with Crippen molar-refractivity contribution < 1.29 is 0 Å². The van der Waals surface area contributed by atoms with E-state index in [1.54, 1.807) is 0 Å². The maximum Gasteiger partial charge on any atom is 0.136 e. The zero-order chi connectivity index (χ0) is 13.9. The van der Waals surface area contributed by atoms with E-state index in [1.165, 1.54) is 38.6 Å². The van der Waals surface area contributed by atoms with Crippen LogP contribution in [-0.4, -0.2) is 29.6 Å². The van der Waals surface area contributed by atoms with Gasteiger partial charge in [0.15, 0.2) is 0 Å². The van der Waals surface area contributed by atoms with Crippen LogP contribution in [0, 0.1) is 5.92 Å². The molecule has 0 amide bonds. The minimum atomic E-state index is 0.608. The second-order valence-electron chi connectivity index (χ2n) is 6.16. The molecule has 0 unspecified atom stereocenters. The summed E-state index contributed by atoms with van der Waals surface area (Å²) in [5.41, 5.74) is 0. The molecule has 0 atom stereocenters. The van der Waals surface area contributed by atoms with Crippen molar-refractivity contribution in [3.05, 3.63) is 11.9 Å². The highest BCUT2D eigenvalue weighted by molar-refractivity contribution is 5.50. The Morgan fingerprint density at radius 1 is 1.20 bits per heavy atom. The monoisotopic (exact) mass is 274 g/mol. The van der Waals surface area contributed by atoms with Crippen molar-refractivity contribution in [2.45, 2.75) is 51.9 Å². The fourth-order valence-corrected chi connectivity index (χ4v) is 2.59. The van der Waals surface area contributed by atoms with Crippen LogP contribution in [0.2, 0.25) is 0 Å². The lowest BCUT2D eigenvalue weighted by atomic mass is 10.3. The molecule has 2 fully saturated rings. The van der Waals surface area contributed by atoms with Crippen molar-refractivity contribution in [3.8, 4) is 0 Å². The number of aromatic nitrogens is 2. The third-order valence-corrected chi connectivity index (χ3v) is 4.02. The molecule has 0 aliphatic heterocycles. The van der Waals surface area contributed by atoms with Gasteiger partial charge in [-0.1, -0.05) is 6.92 Å². The van der Waals surface area contributed by atoms with E-state index in [0.717, 1.165) is 36.5 Å². The van der Waals surface area contributed by atoms with Crippen LogP contribution >= 0.6 is 0 Å². The predicted octanol–water partition coefficient (Wildman–Crippen LogP) is 3.41. The molecule has 3 rings (SSSR count). The molecule has 0 saturated heterocycles. The second kappa shape index (κ2) is 5.98. The van der Waals surface area contributed by atoms with Crippen molar-refractivity contribution in [3.63, 3.8) is 0 Å². The van der Waals surface area contributed by atoms with Gasteiger partial charge in [0.25, 0.3) is 0 Å². The van der Waals surface area contributed by atoms with Gasteiger partial charge in [-0.15, -0.1) is 0 Å². The molecule has 0 radical (unpaired) electrons. The summed E-state index contributed by atoms with van der Waals surface area (Å²) in [4.78, 5) is 12.0. The lowest BCUT2D eigenvalue weighted by Gasteiger charge is -2.24. The molecule has 1 N–H and O–H groups in total. The van der Waals surface area contributed by atoms with Gasteiger partial charge in [-0.2, -0.15) is 0 Å². The largest absolute Gasteiger partial charge is 0.370 e. The molecular formula is C16H26N4. The lowest BCUT2D eigenvalue weighted by molar-refractivity contribution is 0.694. The number of anilines is 2. The molecule has 0 spiro atoms. The molecule has 1 heterocycles. The average molecular weight is 274 g/mol. The van der Waals surface area contributed by atoms with Gasteiger partial charge in [0, 0.05) is 31.6 Å². The Labute approximate surface area is 122 Å². The minimum absolute atomic E-state index is 0.608. The Hall–Kier alpha value is -1.32. The smallest absolute Gasteiger partial charge is 0.136 e. The van der Waals surface area contributed by atoms with Crippen molar-refractivity contribution in [1.29, 1.82) is 0 Å². The molecule has 2 saturated carbocycles. The van der Waals surface area contributed by atoms with E-state index in [2.05, 4.69) is 35.1 Å². The fraction of sp³-hybridized carbons (Fsp3) is 0.750. The molecule has 20 heavy (non-hydrogen) atoms.